The number of hydrogen-bond acceptors (Lipinski definition) is 5. The third kappa shape index (κ3) is 2.64. The van der Waals surface area contributed by atoms with E-state index in [9.17, 15) is 10.1 Å². The molecule has 7 heteroatoms. The lowest BCUT2D eigenvalue weighted by Gasteiger charge is -2.42. The number of hydrogen-bond donors (Lipinski definition) is 1. The molecule has 0 aliphatic carbocycles. The fraction of sp³-hybridized carbons (Fsp3) is 0.333. The smallest absolute Gasteiger partial charge is 0.255 e. The van der Waals surface area contributed by atoms with E-state index in [1.807, 2.05) is 40.7 Å². The molecule has 5 rings (SSSR count). The van der Waals surface area contributed by atoms with Crippen molar-refractivity contribution in [3.05, 3.63) is 59.5 Å². The van der Waals surface area contributed by atoms with Crippen LogP contribution in [0.15, 0.2) is 48.2 Å². The van der Waals surface area contributed by atoms with Gasteiger partial charge < -0.3 is 4.90 Å². The van der Waals surface area contributed by atoms with Gasteiger partial charge in [0.05, 0.1) is 23.5 Å². The summed E-state index contributed by atoms with van der Waals surface area (Å²) in [5.41, 5.74) is 1.95. The van der Waals surface area contributed by atoms with Gasteiger partial charge in [-0.15, -0.1) is 11.3 Å². The van der Waals surface area contributed by atoms with Gasteiger partial charge in [0.25, 0.3) is 5.91 Å². The zero-order valence-electron chi connectivity index (χ0n) is 15.2. The summed E-state index contributed by atoms with van der Waals surface area (Å²) < 4.78 is 0. The number of thiophene rings is 1. The Kier molecular flexibility index (Phi) is 4.02. The van der Waals surface area contributed by atoms with Crippen molar-refractivity contribution in [3.63, 3.8) is 0 Å². The number of piperidine rings is 1. The maximum Gasteiger partial charge on any atom is 0.255 e. The third-order valence-electron chi connectivity index (χ3n) is 6.02. The number of nitrogens with one attached hydrogen (secondary N) is 1. The molecule has 1 N–H and O–H groups in total. The number of fused-ring (bicyclic) bond motifs is 2. The second-order valence-electron chi connectivity index (χ2n) is 7.60. The van der Waals surface area contributed by atoms with Gasteiger partial charge in [0.1, 0.15) is 5.41 Å². The average molecular weight is 389 g/mol. The number of amides is 1. The van der Waals surface area contributed by atoms with Crippen LogP contribution in [-0.2, 0) is 5.41 Å². The highest BCUT2D eigenvalue weighted by molar-refractivity contribution is 7.13. The van der Waals surface area contributed by atoms with Crippen LogP contribution in [0.2, 0.25) is 0 Å². The summed E-state index contributed by atoms with van der Waals surface area (Å²) >= 11 is 1.55. The van der Waals surface area contributed by atoms with Crippen LogP contribution in [0.3, 0.4) is 0 Å². The summed E-state index contributed by atoms with van der Waals surface area (Å²) in [7, 11) is 0. The molecule has 2 aliphatic rings. The van der Waals surface area contributed by atoms with Gasteiger partial charge in [-0.05, 0) is 43.9 Å². The second kappa shape index (κ2) is 6.57. The number of carbonyl (C=O) groups is 1. The van der Waals surface area contributed by atoms with Gasteiger partial charge in [-0.25, -0.2) is 0 Å². The number of pyridine rings is 1. The van der Waals surface area contributed by atoms with Crippen LogP contribution in [0.4, 0.5) is 0 Å². The largest absolute Gasteiger partial charge is 0.333 e. The molecule has 3 aromatic heterocycles. The first kappa shape index (κ1) is 17.1. The molecular formula is C21H19N5OS. The first-order valence-corrected chi connectivity index (χ1v) is 10.3. The summed E-state index contributed by atoms with van der Waals surface area (Å²) in [5.74, 6) is 0.0751. The molecule has 2 aliphatic heterocycles. The van der Waals surface area contributed by atoms with Gasteiger partial charge in [0.15, 0.2) is 0 Å². The van der Waals surface area contributed by atoms with E-state index >= 15 is 0 Å². The number of H-pyrrole nitrogens is 1. The molecule has 28 heavy (non-hydrogen) atoms. The SMILES string of the molecule is N#CC1(c2ccccn2)CC2CCC(C1)N2C(=O)c1csc(-c2cn[nH]c2)c1. The van der Waals surface area contributed by atoms with Gasteiger partial charge in [-0.1, -0.05) is 6.07 Å². The molecule has 0 radical (unpaired) electrons. The topological polar surface area (TPSA) is 85.7 Å². The Balaban J connectivity index is 1.41. The number of aromatic nitrogens is 3. The number of nitrogens with zero attached hydrogens (tertiary/aromatic N) is 4. The second-order valence-corrected chi connectivity index (χ2v) is 8.51. The van der Waals surface area contributed by atoms with Crippen LogP contribution in [0.25, 0.3) is 10.4 Å². The third-order valence-corrected chi connectivity index (χ3v) is 7.00. The van der Waals surface area contributed by atoms with E-state index < -0.39 is 5.41 Å². The van der Waals surface area contributed by atoms with Crippen LogP contribution in [-0.4, -0.2) is 38.1 Å². The maximum absolute atomic E-state index is 13.3. The van der Waals surface area contributed by atoms with Crippen LogP contribution in [0.5, 0.6) is 0 Å². The Morgan fingerprint density at radius 3 is 2.79 bits per heavy atom. The molecule has 2 unspecified atom stereocenters. The zero-order valence-corrected chi connectivity index (χ0v) is 16.0. The van der Waals surface area contributed by atoms with Gasteiger partial charge in [0.2, 0.25) is 0 Å². The van der Waals surface area contributed by atoms with Crippen molar-refractivity contribution in [2.45, 2.75) is 43.2 Å². The van der Waals surface area contributed by atoms with E-state index in [0.29, 0.717) is 12.8 Å². The van der Waals surface area contributed by atoms with Gasteiger partial charge >= 0.3 is 0 Å². The Morgan fingerprint density at radius 2 is 2.14 bits per heavy atom. The number of rotatable bonds is 3. The highest BCUT2D eigenvalue weighted by atomic mass is 32.1. The minimum atomic E-state index is -0.597. The molecule has 140 valence electrons. The fourth-order valence-corrected chi connectivity index (χ4v) is 5.58. The van der Waals surface area contributed by atoms with Crippen LogP contribution in [0, 0.1) is 11.3 Å². The molecule has 2 fully saturated rings. The molecule has 0 aromatic carbocycles. The highest BCUT2D eigenvalue weighted by Crippen LogP contribution is 2.47. The summed E-state index contributed by atoms with van der Waals surface area (Å²) in [6.45, 7) is 0. The molecular weight excluding hydrogens is 370 g/mol. The predicted octanol–water partition coefficient (Wildman–Crippen LogP) is 3.76. The monoisotopic (exact) mass is 389 g/mol. The Hall–Kier alpha value is -2.98. The summed E-state index contributed by atoms with van der Waals surface area (Å²) in [6.07, 6.45) is 8.55. The Morgan fingerprint density at radius 1 is 1.32 bits per heavy atom. The van der Waals surface area contributed by atoms with Crippen molar-refractivity contribution < 1.29 is 4.79 Å². The van der Waals surface area contributed by atoms with Crippen molar-refractivity contribution in [1.29, 1.82) is 5.26 Å². The van der Waals surface area contributed by atoms with Crippen molar-refractivity contribution in [3.8, 4) is 16.5 Å². The first-order valence-electron chi connectivity index (χ1n) is 9.43. The van der Waals surface area contributed by atoms with Crippen LogP contribution < -0.4 is 0 Å². The lowest BCUT2D eigenvalue weighted by molar-refractivity contribution is 0.0524. The molecule has 2 bridgehead atoms. The minimum absolute atomic E-state index is 0.0751. The van der Waals surface area contributed by atoms with Crippen molar-refractivity contribution in [2.24, 2.45) is 0 Å². The molecule has 1 amide bonds. The fourth-order valence-electron chi connectivity index (χ4n) is 4.72. The molecule has 3 aromatic rings. The molecule has 0 spiro atoms. The summed E-state index contributed by atoms with van der Waals surface area (Å²) in [5, 5.41) is 18.7. The van der Waals surface area contributed by atoms with E-state index in [2.05, 4.69) is 21.3 Å². The Labute approximate surface area is 166 Å². The van der Waals surface area contributed by atoms with Gasteiger partial charge in [-0.3, -0.25) is 14.9 Å². The minimum Gasteiger partial charge on any atom is -0.333 e. The first-order chi connectivity index (χ1) is 13.7. The standard InChI is InChI=1S/C21H19N5OS/c22-13-21(19-3-1-2-6-23-19)8-16-4-5-17(9-21)26(16)20(27)14-7-18(28-12-14)15-10-24-25-11-15/h1-3,6-7,10-12,16-17H,4-5,8-9H2,(H,24,25). The molecule has 5 heterocycles. The molecule has 6 nitrogen and oxygen atoms in total. The van der Waals surface area contributed by atoms with Crippen LogP contribution >= 0.6 is 11.3 Å². The van der Waals surface area contributed by atoms with Crippen molar-refractivity contribution >= 4 is 17.2 Å². The van der Waals surface area contributed by atoms with Crippen LogP contribution in [0.1, 0.15) is 41.7 Å². The Bertz CT molecular complexity index is 1020. The highest BCUT2D eigenvalue weighted by Gasteiger charge is 2.51. The van der Waals surface area contributed by atoms with Crippen molar-refractivity contribution in [1.82, 2.24) is 20.1 Å². The summed E-state index contributed by atoms with van der Waals surface area (Å²) in [4.78, 5) is 20.8. The van der Waals surface area contributed by atoms with E-state index in [-0.39, 0.29) is 18.0 Å². The maximum atomic E-state index is 13.3. The number of nitriles is 1. The van der Waals surface area contributed by atoms with E-state index in [4.69, 9.17) is 0 Å². The van der Waals surface area contributed by atoms with E-state index in [1.165, 1.54) is 0 Å². The van der Waals surface area contributed by atoms with Crippen molar-refractivity contribution in [2.75, 3.05) is 0 Å². The molecule has 0 saturated carbocycles. The number of carbonyl (C=O) groups excluding carboxylic acids is 1. The van der Waals surface area contributed by atoms with E-state index in [0.717, 1.165) is 34.5 Å². The molecule has 2 saturated heterocycles. The quantitative estimate of drug-likeness (QED) is 0.739. The van der Waals surface area contributed by atoms with Gasteiger partial charge in [0, 0.05) is 40.3 Å². The summed E-state index contributed by atoms with van der Waals surface area (Å²) in [6, 6.07) is 10.4. The lowest BCUT2D eigenvalue weighted by atomic mass is 9.73. The predicted molar refractivity (Wildman–Crippen MR) is 106 cm³/mol. The van der Waals surface area contributed by atoms with E-state index in [1.54, 1.807) is 23.7 Å². The van der Waals surface area contributed by atoms with Gasteiger partial charge in [-0.2, -0.15) is 10.4 Å². The normalized spacial score (nSPS) is 26.2. The zero-order chi connectivity index (χ0) is 19.1. The lowest BCUT2D eigenvalue weighted by Crippen LogP contribution is -2.51. The average Bonchev–Trinajstić information content (AvgIpc) is 3.47. The molecule has 2 atom stereocenters. The number of aromatic amines is 1.